The Labute approximate surface area is 160 Å². The molecule has 28 heavy (non-hydrogen) atoms. The molecule has 1 amide bonds. The Balaban J connectivity index is 1.17. The first-order valence-corrected chi connectivity index (χ1v) is 9.03. The number of hydrogen-bond acceptors (Lipinski definition) is 6. The van der Waals surface area contributed by atoms with Crippen LogP contribution in [0.5, 0.6) is 0 Å². The van der Waals surface area contributed by atoms with Crippen molar-refractivity contribution in [1.82, 2.24) is 34.8 Å². The molecular weight excluding hydrogens is 356 g/mol. The third kappa shape index (κ3) is 3.07. The summed E-state index contributed by atoms with van der Waals surface area (Å²) >= 11 is 0. The van der Waals surface area contributed by atoms with Crippen LogP contribution in [0.4, 0.5) is 5.82 Å². The minimum Gasteiger partial charge on any atom is -0.355 e. The second-order valence-corrected chi connectivity index (χ2v) is 6.72. The molecule has 4 aromatic rings. The molecule has 1 aliphatic rings. The number of rotatable bonds is 5. The van der Waals surface area contributed by atoms with Crippen molar-refractivity contribution in [2.75, 3.05) is 18.0 Å². The lowest BCUT2D eigenvalue weighted by molar-refractivity contribution is -0.125. The van der Waals surface area contributed by atoms with Crippen LogP contribution in [0.2, 0.25) is 0 Å². The summed E-state index contributed by atoms with van der Waals surface area (Å²) in [6, 6.07) is 9.71. The summed E-state index contributed by atoms with van der Waals surface area (Å²) < 4.78 is 1.82. The number of nitrogens with one attached hydrogen (secondary N) is 2. The Morgan fingerprint density at radius 3 is 2.89 bits per heavy atom. The van der Waals surface area contributed by atoms with Crippen LogP contribution in [0.1, 0.15) is 5.82 Å². The average molecular weight is 374 g/mol. The van der Waals surface area contributed by atoms with Gasteiger partial charge >= 0.3 is 0 Å². The number of benzene rings is 1. The predicted octanol–water partition coefficient (Wildman–Crippen LogP) is 1.29. The fourth-order valence-corrected chi connectivity index (χ4v) is 3.28. The Morgan fingerprint density at radius 1 is 1.21 bits per heavy atom. The van der Waals surface area contributed by atoms with Gasteiger partial charge < -0.3 is 15.2 Å². The van der Waals surface area contributed by atoms with Crippen LogP contribution in [0.25, 0.3) is 16.9 Å². The van der Waals surface area contributed by atoms with E-state index in [9.17, 15) is 4.79 Å². The molecule has 9 nitrogen and oxygen atoms in total. The van der Waals surface area contributed by atoms with Crippen molar-refractivity contribution in [2.45, 2.75) is 6.54 Å². The fraction of sp³-hybridized carbons (Fsp3) is 0.211. The van der Waals surface area contributed by atoms with Crippen LogP contribution in [0.15, 0.2) is 55.4 Å². The first-order valence-electron chi connectivity index (χ1n) is 9.03. The third-order valence-electron chi connectivity index (χ3n) is 4.85. The highest BCUT2D eigenvalue weighted by atomic mass is 16.2. The summed E-state index contributed by atoms with van der Waals surface area (Å²) in [5.74, 6) is 2.28. The Kier molecular flexibility index (Phi) is 3.97. The summed E-state index contributed by atoms with van der Waals surface area (Å²) in [4.78, 5) is 34.8. The van der Waals surface area contributed by atoms with Crippen molar-refractivity contribution >= 4 is 22.8 Å². The van der Waals surface area contributed by atoms with E-state index in [-0.39, 0.29) is 11.8 Å². The summed E-state index contributed by atoms with van der Waals surface area (Å²) in [5.41, 5.74) is 1.87. The van der Waals surface area contributed by atoms with Crippen molar-refractivity contribution in [3.05, 3.63) is 61.2 Å². The number of hydrogen-bond donors (Lipinski definition) is 2. The summed E-state index contributed by atoms with van der Waals surface area (Å²) in [6.07, 6.45) is 6.75. The highest BCUT2D eigenvalue weighted by Gasteiger charge is 2.33. The molecule has 0 radical (unpaired) electrons. The molecule has 1 saturated heterocycles. The molecule has 1 fully saturated rings. The largest absolute Gasteiger partial charge is 0.355 e. The summed E-state index contributed by atoms with van der Waals surface area (Å²) in [7, 11) is 0. The first kappa shape index (κ1) is 16.4. The molecule has 0 spiro atoms. The second-order valence-electron chi connectivity index (χ2n) is 6.72. The van der Waals surface area contributed by atoms with E-state index >= 15 is 0 Å². The van der Waals surface area contributed by atoms with Gasteiger partial charge in [0.15, 0.2) is 0 Å². The molecule has 5 rings (SSSR count). The normalized spacial score (nSPS) is 14.2. The number of aromatic amines is 1. The van der Waals surface area contributed by atoms with E-state index in [0.29, 0.717) is 19.6 Å². The van der Waals surface area contributed by atoms with E-state index < -0.39 is 0 Å². The quantitative estimate of drug-likeness (QED) is 0.545. The van der Waals surface area contributed by atoms with Crippen molar-refractivity contribution in [2.24, 2.45) is 5.92 Å². The van der Waals surface area contributed by atoms with Crippen molar-refractivity contribution in [1.29, 1.82) is 0 Å². The number of imidazole rings is 2. The number of anilines is 1. The number of amides is 1. The lowest BCUT2D eigenvalue weighted by Gasteiger charge is -2.39. The van der Waals surface area contributed by atoms with E-state index in [4.69, 9.17) is 0 Å². The second kappa shape index (κ2) is 6.76. The zero-order valence-corrected chi connectivity index (χ0v) is 15.0. The number of fused-ring (bicyclic) bond motifs is 1. The molecule has 2 N–H and O–H groups in total. The van der Waals surface area contributed by atoms with Gasteiger partial charge in [0, 0.05) is 31.5 Å². The molecular formula is C19H18N8O. The maximum absolute atomic E-state index is 12.4. The molecule has 0 aliphatic carbocycles. The van der Waals surface area contributed by atoms with Crippen LogP contribution in [-0.4, -0.2) is 48.5 Å². The Morgan fingerprint density at radius 2 is 2.07 bits per heavy atom. The number of para-hydroxylation sites is 2. The van der Waals surface area contributed by atoms with Gasteiger partial charge in [-0.3, -0.25) is 9.36 Å². The topological polar surface area (TPSA) is 105 Å². The number of nitrogens with zero attached hydrogens (tertiary/aromatic N) is 6. The zero-order valence-electron chi connectivity index (χ0n) is 15.0. The van der Waals surface area contributed by atoms with E-state index in [1.807, 2.05) is 41.1 Å². The SMILES string of the molecule is O=C(NCc1nc2ccccc2[nH]1)C1CN(c2cc(-n3ccnc3)ncn2)C1. The van der Waals surface area contributed by atoms with Crippen LogP contribution in [-0.2, 0) is 11.3 Å². The maximum atomic E-state index is 12.4. The molecule has 0 unspecified atom stereocenters. The van der Waals surface area contributed by atoms with E-state index in [1.54, 1.807) is 12.5 Å². The van der Waals surface area contributed by atoms with Crippen LogP contribution in [0, 0.1) is 5.92 Å². The van der Waals surface area contributed by atoms with Crippen molar-refractivity contribution in [3.63, 3.8) is 0 Å². The van der Waals surface area contributed by atoms with Gasteiger partial charge in [0.05, 0.1) is 23.5 Å². The van der Waals surface area contributed by atoms with Crippen molar-refractivity contribution < 1.29 is 4.79 Å². The van der Waals surface area contributed by atoms with Crippen LogP contribution < -0.4 is 10.2 Å². The summed E-state index contributed by atoms with van der Waals surface area (Å²) in [5, 5.41) is 2.96. The monoisotopic (exact) mass is 374 g/mol. The van der Waals surface area contributed by atoms with Crippen LogP contribution in [0.3, 0.4) is 0 Å². The van der Waals surface area contributed by atoms with E-state index in [1.165, 1.54) is 6.33 Å². The Hall–Kier alpha value is -3.75. The number of carbonyl (C=O) groups excluding carboxylic acids is 1. The molecule has 3 aromatic heterocycles. The zero-order chi connectivity index (χ0) is 18.9. The molecule has 1 aliphatic heterocycles. The average Bonchev–Trinajstić information content (AvgIpc) is 3.35. The lowest BCUT2D eigenvalue weighted by atomic mass is 9.99. The van der Waals surface area contributed by atoms with E-state index in [2.05, 4.69) is 35.1 Å². The van der Waals surface area contributed by atoms with Gasteiger partial charge in [-0.1, -0.05) is 12.1 Å². The maximum Gasteiger partial charge on any atom is 0.227 e. The highest BCUT2D eigenvalue weighted by Crippen LogP contribution is 2.23. The van der Waals surface area contributed by atoms with Gasteiger partial charge in [-0.2, -0.15) is 0 Å². The fourth-order valence-electron chi connectivity index (χ4n) is 3.28. The molecule has 0 atom stereocenters. The summed E-state index contributed by atoms with van der Waals surface area (Å²) in [6.45, 7) is 1.65. The predicted molar refractivity (Wildman–Crippen MR) is 103 cm³/mol. The minimum absolute atomic E-state index is 0.0283. The lowest BCUT2D eigenvalue weighted by Crippen LogP contribution is -2.54. The van der Waals surface area contributed by atoms with Gasteiger partial charge in [-0.15, -0.1) is 0 Å². The van der Waals surface area contributed by atoms with Crippen LogP contribution >= 0.6 is 0 Å². The van der Waals surface area contributed by atoms with Gasteiger partial charge in [0.2, 0.25) is 5.91 Å². The van der Waals surface area contributed by atoms with E-state index in [0.717, 1.165) is 28.5 Å². The molecule has 1 aromatic carbocycles. The number of H-pyrrole nitrogens is 1. The number of carbonyl (C=O) groups is 1. The van der Waals surface area contributed by atoms with Gasteiger partial charge in [-0.25, -0.2) is 19.9 Å². The molecule has 0 bridgehead atoms. The molecule has 4 heterocycles. The highest BCUT2D eigenvalue weighted by molar-refractivity contribution is 5.82. The first-order chi connectivity index (χ1) is 13.8. The van der Waals surface area contributed by atoms with Gasteiger partial charge in [0.25, 0.3) is 0 Å². The van der Waals surface area contributed by atoms with Gasteiger partial charge in [0.1, 0.15) is 30.1 Å². The molecule has 140 valence electrons. The smallest absolute Gasteiger partial charge is 0.227 e. The molecule has 0 saturated carbocycles. The Bertz CT molecular complexity index is 1080. The standard InChI is InChI=1S/C19H18N8O/c28-19(21-8-16-24-14-3-1-2-4-15(14)25-16)13-9-27(10-13)18-7-17(22-11-23-18)26-6-5-20-12-26/h1-7,11-13H,8-10H2,(H,21,28)(H,24,25). The third-order valence-corrected chi connectivity index (χ3v) is 4.85. The minimum atomic E-state index is -0.0592. The van der Waals surface area contributed by atoms with Crippen molar-refractivity contribution in [3.8, 4) is 5.82 Å². The van der Waals surface area contributed by atoms with Gasteiger partial charge in [-0.05, 0) is 12.1 Å². The molecule has 9 heteroatoms. The number of aromatic nitrogens is 6.